The Morgan fingerprint density at radius 2 is 1.74 bits per heavy atom. The van der Waals surface area contributed by atoms with Crippen LogP contribution in [-0.2, 0) is 9.53 Å². The van der Waals surface area contributed by atoms with Crippen LogP contribution >= 0.6 is 0 Å². The summed E-state index contributed by atoms with van der Waals surface area (Å²) in [5.41, 5.74) is 1.75. The summed E-state index contributed by atoms with van der Waals surface area (Å²) in [5, 5.41) is 13.8. The summed E-state index contributed by atoms with van der Waals surface area (Å²) in [4.78, 5) is 24.2. The number of carbonyl (C=O) groups is 2. The number of nitrogens with one attached hydrogen (secondary N) is 1. The average molecular weight is 358 g/mol. The first-order valence-corrected chi connectivity index (χ1v) is 8.53. The molecule has 134 valence electrons. The zero-order chi connectivity index (χ0) is 19.2. The van der Waals surface area contributed by atoms with E-state index < -0.39 is 5.97 Å². The molecular formula is C22H18N2O3. The number of carbonyl (C=O) groups excluding carboxylic acids is 2. The SMILES string of the molecule is C[C@H](NC(=O)COC(=O)c1ccc(C#N)cc1)c1cccc2ccccc12. The Morgan fingerprint density at radius 1 is 1.04 bits per heavy atom. The van der Waals surface area contributed by atoms with Crippen molar-refractivity contribution in [2.24, 2.45) is 0 Å². The summed E-state index contributed by atoms with van der Waals surface area (Å²) < 4.78 is 5.05. The van der Waals surface area contributed by atoms with Crippen molar-refractivity contribution in [2.45, 2.75) is 13.0 Å². The Bertz CT molecular complexity index is 1010. The van der Waals surface area contributed by atoms with Crippen LogP contribution in [0.5, 0.6) is 0 Å². The molecule has 1 atom stereocenters. The van der Waals surface area contributed by atoms with Gasteiger partial charge in [-0.2, -0.15) is 5.26 Å². The normalized spacial score (nSPS) is 11.4. The molecule has 0 aliphatic carbocycles. The summed E-state index contributed by atoms with van der Waals surface area (Å²) in [5.74, 6) is -0.982. The molecule has 5 nitrogen and oxygen atoms in total. The van der Waals surface area contributed by atoms with Crippen molar-refractivity contribution < 1.29 is 14.3 Å². The summed E-state index contributed by atoms with van der Waals surface area (Å²) in [6.45, 7) is 1.52. The predicted octanol–water partition coefficient (Wildman–Crippen LogP) is 3.75. The highest BCUT2D eigenvalue weighted by atomic mass is 16.5. The van der Waals surface area contributed by atoms with Crippen LogP contribution in [0.25, 0.3) is 10.8 Å². The van der Waals surface area contributed by atoms with Crippen molar-refractivity contribution in [1.82, 2.24) is 5.32 Å². The molecule has 1 amide bonds. The molecule has 3 rings (SSSR count). The van der Waals surface area contributed by atoms with E-state index in [0.29, 0.717) is 11.1 Å². The molecule has 3 aromatic rings. The van der Waals surface area contributed by atoms with Gasteiger partial charge in [-0.3, -0.25) is 4.79 Å². The molecule has 0 aromatic heterocycles. The van der Waals surface area contributed by atoms with Crippen LogP contribution in [0.3, 0.4) is 0 Å². The van der Waals surface area contributed by atoms with Crippen LogP contribution in [0.2, 0.25) is 0 Å². The van der Waals surface area contributed by atoms with E-state index >= 15 is 0 Å². The molecule has 3 aromatic carbocycles. The number of rotatable bonds is 5. The van der Waals surface area contributed by atoms with E-state index in [1.807, 2.05) is 55.5 Å². The number of nitrogens with zero attached hydrogens (tertiary/aromatic N) is 1. The minimum Gasteiger partial charge on any atom is -0.452 e. The highest BCUT2D eigenvalue weighted by molar-refractivity contribution is 5.91. The molecule has 5 heteroatoms. The molecule has 0 heterocycles. The van der Waals surface area contributed by atoms with Crippen molar-refractivity contribution >= 4 is 22.6 Å². The van der Waals surface area contributed by atoms with Gasteiger partial charge in [0.15, 0.2) is 6.61 Å². The Kier molecular flexibility index (Phi) is 5.48. The van der Waals surface area contributed by atoms with Crippen molar-refractivity contribution in [3.05, 3.63) is 83.4 Å². The average Bonchev–Trinajstić information content (AvgIpc) is 2.71. The van der Waals surface area contributed by atoms with Crippen LogP contribution < -0.4 is 5.32 Å². The lowest BCUT2D eigenvalue weighted by Crippen LogP contribution is -2.31. The van der Waals surface area contributed by atoms with Gasteiger partial charge in [0.1, 0.15) is 0 Å². The number of amides is 1. The van der Waals surface area contributed by atoms with E-state index in [0.717, 1.165) is 16.3 Å². The third kappa shape index (κ3) is 4.31. The second-order valence-electron chi connectivity index (χ2n) is 6.12. The number of esters is 1. The number of hydrogen-bond acceptors (Lipinski definition) is 4. The second-order valence-corrected chi connectivity index (χ2v) is 6.12. The largest absolute Gasteiger partial charge is 0.452 e. The molecule has 0 aliphatic heterocycles. The van der Waals surface area contributed by atoms with E-state index in [1.54, 1.807) is 0 Å². The molecule has 0 fully saturated rings. The molecule has 0 aliphatic rings. The fourth-order valence-electron chi connectivity index (χ4n) is 2.88. The van der Waals surface area contributed by atoms with Crippen LogP contribution in [0.4, 0.5) is 0 Å². The van der Waals surface area contributed by atoms with Gasteiger partial charge in [0.2, 0.25) is 0 Å². The van der Waals surface area contributed by atoms with E-state index in [2.05, 4.69) is 5.32 Å². The lowest BCUT2D eigenvalue weighted by molar-refractivity contribution is -0.124. The monoisotopic (exact) mass is 358 g/mol. The van der Waals surface area contributed by atoms with Crippen LogP contribution in [0.15, 0.2) is 66.7 Å². The maximum atomic E-state index is 12.2. The molecule has 0 radical (unpaired) electrons. The molecule has 0 bridgehead atoms. The fourth-order valence-corrected chi connectivity index (χ4v) is 2.88. The second kappa shape index (κ2) is 8.15. The summed E-state index contributed by atoms with van der Waals surface area (Å²) >= 11 is 0. The van der Waals surface area contributed by atoms with Crippen molar-refractivity contribution in [1.29, 1.82) is 5.26 Å². The Labute approximate surface area is 157 Å². The van der Waals surface area contributed by atoms with Crippen LogP contribution in [0, 0.1) is 11.3 Å². The van der Waals surface area contributed by atoms with Crippen molar-refractivity contribution in [3.63, 3.8) is 0 Å². The highest BCUT2D eigenvalue weighted by Gasteiger charge is 2.14. The maximum Gasteiger partial charge on any atom is 0.338 e. The molecule has 0 spiro atoms. The molecule has 1 N–H and O–H groups in total. The smallest absolute Gasteiger partial charge is 0.338 e. The van der Waals surface area contributed by atoms with Crippen LogP contribution in [-0.4, -0.2) is 18.5 Å². The van der Waals surface area contributed by atoms with Crippen molar-refractivity contribution in [2.75, 3.05) is 6.61 Å². The van der Waals surface area contributed by atoms with Gasteiger partial charge in [0.05, 0.1) is 23.2 Å². The number of nitriles is 1. The van der Waals surface area contributed by atoms with Gasteiger partial charge in [-0.25, -0.2) is 4.79 Å². The zero-order valence-electron chi connectivity index (χ0n) is 14.8. The Hall–Kier alpha value is -3.65. The molecule has 0 unspecified atom stereocenters. The fraction of sp³-hybridized carbons (Fsp3) is 0.136. The van der Waals surface area contributed by atoms with Gasteiger partial charge in [0, 0.05) is 0 Å². The Balaban J connectivity index is 1.60. The topological polar surface area (TPSA) is 79.2 Å². The number of ether oxygens (including phenoxy) is 1. The number of hydrogen-bond donors (Lipinski definition) is 1. The minimum absolute atomic E-state index is 0.225. The number of benzene rings is 3. The minimum atomic E-state index is -0.604. The van der Waals surface area contributed by atoms with E-state index in [9.17, 15) is 9.59 Å². The molecular weight excluding hydrogens is 340 g/mol. The maximum absolute atomic E-state index is 12.2. The lowest BCUT2D eigenvalue weighted by Gasteiger charge is -2.16. The number of fused-ring (bicyclic) bond motifs is 1. The van der Waals surface area contributed by atoms with Gasteiger partial charge in [0.25, 0.3) is 5.91 Å². The van der Waals surface area contributed by atoms with Gasteiger partial charge in [-0.15, -0.1) is 0 Å². The quantitative estimate of drug-likeness (QED) is 0.705. The first kappa shape index (κ1) is 18.2. The molecule has 0 saturated heterocycles. The van der Waals surface area contributed by atoms with Crippen LogP contribution in [0.1, 0.15) is 34.5 Å². The van der Waals surface area contributed by atoms with Gasteiger partial charge < -0.3 is 10.1 Å². The zero-order valence-corrected chi connectivity index (χ0v) is 14.8. The predicted molar refractivity (Wildman–Crippen MR) is 102 cm³/mol. The van der Waals surface area contributed by atoms with Gasteiger partial charge >= 0.3 is 5.97 Å². The first-order chi connectivity index (χ1) is 13.1. The summed E-state index contributed by atoms with van der Waals surface area (Å²) in [6, 6.07) is 21.7. The summed E-state index contributed by atoms with van der Waals surface area (Å²) in [7, 11) is 0. The third-order valence-corrected chi connectivity index (χ3v) is 4.25. The Morgan fingerprint density at radius 3 is 2.48 bits per heavy atom. The van der Waals surface area contributed by atoms with E-state index in [-0.39, 0.29) is 18.6 Å². The van der Waals surface area contributed by atoms with E-state index in [4.69, 9.17) is 10.00 Å². The standard InChI is InChI=1S/C22H18N2O3/c1-15(19-8-4-6-17-5-2-3-7-20(17)19)24-21(25)14-27-22(26)18-11-9-16(13-23)10-12-18/h2-12,15H,14H2,1H3,(H,24,25)/t15-/m0/s1. The van der Waals surface area contributed by atoms with Gasteiger partial charge in [-0.05, 0) is 47.5 Å². The highest BCUT2D eigenvalue weighted by Crippen LogP contribution is 2.23. The molecule has 27 heavy (non-hydrogen) atoms. The van der Waals surface area contributed by atoms with Gasteiger partial charge in [-0.1, -0.05) is 42.5 Å². The molecule has 0 saturated carbocycles. The van der Waals surface area contributed by atoms with E-state index in [1.165, 1.54) is 24.3 Å². The lowest BCUT2D eigenvalue weighted by atomic mass is 10.00. The van der Waals surface area contributed by atoms with Crippen molar-refractivity contribution in [3.8, 4) is 6.07 Å². The summed E-state index contributed by atoms with van der Waals surface area (Å²) in [6.07, 6.45) is 0. The first-order valence-electron chi connectivity index (χ1n) is 8.53. The third-order valence-electron chi connectivity index (χ3n) is 4.25.